The predicted octanol–water partition coefficient (Wildman–Crippen LogP) is 2.22. The van der Waals surface area contributed by atoms with E-state index >= 15 is 0 Å². The van der Waals surface area contributed by atoms with E-state index in [1.54, 1.807) is 0 Å². The average molecular weight is 269 g/mol. The lowest BCUT2D eigenvalue weighted by Gasteiger charge is -2.07. The summed E-state index contributed by atoms with van der Waals surface area (Å²) >= 11 is 0. The van der Waals surface area contributed by atoms with E-state index in [-0.39, 0.29) is 11.5 Å². The Bertz CT molecular complexity index is 460. The second-order valence-electron chi connectivity index (χ2n) is 4.84. The van der Waals surface area contributed by atoms with E-state index in [0.29, 0.717) is 6.54 Å². The fraction of sp³-hybridized carbons (Fsp3) is 0.571. The highest BCUT2D eigenvalue weighted by Crippen LogP contribution is 2.12. The largest absolute Gasteiger partial charge is 0.316 e. The van der Waals surface area contributed by atoms with Gasteiger partial charge in [0.25, 0.3) is 0 Å². The zero-order chi connectivity index (χ0) is 13.6. The Labute approximate surface area is 111 Å². The molecule has 1 aromatic carbocycles. The maximum atomic E-state index is 11.9. The Morgan fingerprint density at radius 3 is 2.22 bits per heavy atom. The molecule has 0 aliphatic carbocycles. The summed E-state index contributed by atoms with van der Waals surface area (Å²) in [5.41, 5.74) is 3.12. The third-order valence-electron chi connectivity index (χ3n) is 2.68. The van der Waals surface area contributed by atoms with E-state index < -0.39 is 9.84 Å². The third-order valence-corrected chi connectivity index (χ3v) is 4.28. The van der Waals surface area contributed by atoms with E-state index in [1.807, 2.05) is 26.0 Å². The maximum Gasteiger partial charge on any atom is 0.155 e. The van der Waals surface area contributed by atoms with Crippen LogP contribution in [-0.4, -0.2) is 27.3 Å². The van der Waals surface area contributed by atoms with Crippen molar-refractivity contribution in [3.8, 4) is 0 Å². The first kappa shape index (κ1) is 15.2. The predicted molar refractivity (Wildman–Crippen MR) is 76.6 cm³/mol. The smallest absolute Gasteiger partial charge is 0.155 e. The van der Waals surface area contributed by atoms with Crippen LogP contribution in [0.3, 0.4) is 0 Å². The monoisotopic (exact) mass is 269 g/mol. The number of hydrogen-bond acceptors (Lipinski definition) is 3. The van der Waals surface area contributed by atoms with Gasteiger partial charge in [-0.05, 0) is 32.4 Å². The summed E-state index contributed by atoms with van der Waals surface area (Å²) in [6.45, 7) is 7.47. The minimum absolute atomic E-state index is 0.142. The number of benzene rings is 1. The van der Waals surface area contributed by atoms with Crippen LogP contribution >= 0.6 is 0 Å². The SMILES string of the molecule is CCCNCCS(=O)(=O)Cc1cc(C)cc(C)c1. The van der Waals surface area contributed by atoms with Crippen LogP contribution in [0.15, 0.2) is 18.2 Å². The van der Waals surface area contributed by atoms with Crippen LogP contribution in [0, 0.1) is 13.8 Å². The van der Waals surface area contributed by atoms with Crippen LogP contribution in [-0.2, 0) is 15.6 Å². The Balaban J connectivity index is 2.59. The minimum Gasteiger partial charge on any atom is -0.316 e. The van der Waals surface area contributed by atoms with Gasteiger partial charge in [0.2, 0.25) is 0 Å². The summed E-state index contributed by atoms with van der Waals surface area (Å²) in [6, 6.07) is 5.95. The van der Waals surface area contributed by atoms with Crippen LogP contribution in [0.2, 0.25) is 0 Å². The molecule has 0 spiro atoms. The molecule has 0 fully saturated rings. The summed E-state index contributed by atoms with van der Waals surface area (Å²) in [6.07, 6.45) is 1.02. The molecule has 0 aliphatic rings. The number of aryl methyl sites for hydroxylation is 2. The lowest BCUT2D eigenvalue weighted by molar-refractivity contribution is 0.589. The maximum absolute atomic E-state index is 11.9. The quantitative estimate of drug-likeness (QED) is 0.772. The summed E-state index contributed by atoms with van der Waals surface area (Å²) in [4.78, 5) is 0. The van der Waals surface area contributed by atoms with Crippen molar-refractivity contribution in [3.63, 3.8) is 0 Å². The zero-order valence-electron chi connectivity index (χ0n) is 11.5. The van der Waals surface area contributed by atoms with Crippen LogP contribution in [0.5, 0.6) is 0 Å². The van der Waals surface area contributed by atoms with Crippen LogP contribution in [0.25, 0.3) is 0 Å². The molecule has 4 heteroatoms. The molecule has 3 nitrogen and oxygen atoms in total. The molecule has 0 aliphatic heterocycles. The summed E-state index contributed by atoms with van der Waals surface area (Å²) in [5, 5.41) is 3.12. The van der Waals surface area contributed by atoms with Crippen molar-refractivity contribution in [2.24, 2.45) is 0 Å². The zero-order valence-corrected chi connectivity index (χ0v) is 12.3. The lowest BCUT2D eigenvalue weighted by Crippen LogP contribution is -2.24. The fourth-order valence-electron chi connectivity index (χ4n) is 2.01. The standard InChI is InChI=1S/C14H23NO2S/c1-4-5-15-6-7-18(16,17)11-14-9-12(2)8-13(3)10-14/h8-10,15H,4-7,11H2,1-3H3. The molecule has 0 amide bonds. The highest BCUT2D eigenvalue weighted by molar-refractivity contribution is 7.90. The van der Waals surface area contributed by atoms with Gasteiger partial charge in [-0.15, -0.1) is 0 Å². The van der Waals surface area contributed by atoms with Crippen LogP contribution in [0.4, 0.5) is 0 Å². The molecule has 0 radical (unpaired) electrons. The first-order valence-electron chi connectivity index (χ1n) is 6.41. The number of hydrogen-bond donors (Lipinski definition) is 1. The topological polar surface area (TPSA) is 46.2 Å². The normalized spacial score (nSPS) is 11.7. The van der Waals surface area contributed by atoms with Crippen molar-refractivity contribution in [2.45, 2.75) is 32.9 Å². The molecule has 0 unspecified atom stereocenters. The summed E-state index contributed by atoms with van der Waals surface area (Å²) < 4.78 is 23.9. The number of sulfone groups is 1. The van der Waals surface area contributed by atoms with Crippen molar-refractivity contribution < 1.29 is 8.42 Å². The van der Waals surface area contributed by atoms with Gasteiger partial charge in [0, 0.05) is 6.54 Å². The lowest BCUT2D eigenvalue weighted by atomic mass is 10.1. The molecule has 0 saturated heterocycles. The summed E-state index contributed by atoms with van der Waals surface area (Å²) in [5.74, 6) is 0.351. The average Bonchev–Trinajstić information content (AvgIpc) is 2.22. The Morgan fingerprint density at radius 2 is 1.67 bits per heavy atom. The van der Waals surface area contributed by atoms with Crippen LogP contribution < -0.4 is 5.32 Å². The second kappa shape index (κ2) is 6.90. The molecule has 102 valence electrons. The molecule has 1 rings (SSSR count). The van der Waals surface area contributed by atoms with Crippen molar-refractivity contribution in [1.82, 2.24) is 5.32 Å². The van der Waals surface area contributed by atoms with Crippen molar-refractivity contribution in [1.29, 1.82) is 0 Å². The van der Waals surface area contributed by atoms with Gasteiger partial charge < -0.3 is 5.32 Å². The number of rotatable bonds is 7. The summed E-state index contributed by atoms with van der Waals surface area (Å²) in [7, 11) is -3.01. The van der Waals surface area contributed by atoms with Crippen molar-refractivity contribution >= 4 is 9.84 Å². The van der Waals surface area contributed by atoms with Gasteiger partial charge in [-0.25, -0.2) is 8.42 Å². The molecule has 0 aromatic heterocycles. The molecule has 0 bridgehead atoms. The molecule has 0 heterocycles. The van der Waals surface area contributed by atoms with E-state index in [2.05, 4.69) is 18.3 Å². The van der Waals surface area contributed by atoms with Crippen molar-refractivity contribution in [3.05, 3.63) is 34.9 Å². The van der Waals surface area contributed by atoms with Gasteiger partial charge in [-0.2, -0.15) is 0 Å². The van der Waals surface area contributed by atoms with Gasteiger partial charge in [0.05, 0.1) is 11.5 Å². The van der Waals surface area contributed by atoms with Gasteiger partial charge in [-0.3, -0.25) is 0 Å². The second-order valence-corrected chi connectivity index (χ2v) is 7.02. The van der Waals surface area contributed by atoms with Gasteiger partial charge in [0.1, 0.15) is 0 Å². The Hall–Kier alpha value is -0.870. The van der Waals surface area contributed by atoms with E-state index in [0.717, 1.165) is 29.7 Å². The molecule has 1 aromatic rings. The van der Waals surface area contributed by atoms with Gasteiger partial charge in [0.15, 0.2) is 9.84 Å². The Morgan fingerprint density at radius 1 is 1.06 bits per heavy atom. The molecular formula is C14H23NO2S. The number of nitrogens with one attached hydrogen (secondary N) is 1. The van der Waals surface area contributed by atoms with E-state index in [1.165, 1.54) is 0 Å². The van der Waals surface area contributed by atoms with E-state index in [9.17, 15) is 8.42 Å². The third kappa shape index (κ3) is 5.65. The van der Waals surface area contributed by atoms with Crippen LogP contribution in [0.1, 0.15) is 30.0 Å². The molecule has 0 saturated carbocycles. The first-order valence-corrected chi connectivity index (χ1v) is 8.23. The molecular weight excluding hydrogens is 246 g/mol. The van der Waals surface area contributed by atoms with Gasteiger partial charge >= 0.3 is 0 Å². The highest BCUT2D eigenvalue weighted by Gasteiger charge is 2.11. The van der Waals surface area contributed by atoms with Gasteiger partial charge in [-0.1, -0.05) is 36.2 Å². The van der Waals surface area contributed by atoms with Crippen molar-refractivity contribution in [2.75, 3.05) is 18.8 Å². The Kier molecular flexibility index (Phi) is 5.82. The fourth-order valence-corrected chi connectivity index (χ4v) is 3.28. The minimum atomic E-state index is -3.01. The van der Waals surface area contributed by atoms with E-state index in [4.69, 9.17) is 0 Å². The first-order chi connectivity index (χ1) is 8.43. The molecule has 18 heavy (non-hydrogen) atoms. The molecule has 0 atom stereocenters. The highest BCUT2D eigenvalue weighted by atomic mass is 32.2. The molecule has 1 N–H and O–H groups in total.